The largest absolute Gasteiger partial charge is 0.493 e. The van der Waals surface area contributed by atoms with Crippen LogP contribution in [0.5, 0.6) is 11.5 Å². The van der Waals surface area contributed by atoms with Crippen LogP contribution >= 0.6 is 23.2 Å². The molecule has 1 N–H and O–H groups in total. The number of anilines is 1. The number of nitrogens with one attached hydrogen (secondary N) is 1. The Morgan fingerprint density at radius 1 is 1.09 bits per heavy atom. The Labute approximate surface area is 143 Å². The number of fused-ring (bicyclic) bond motifs is 1. The molecule has 4 nitrogen and oxygen atoms in total. The summed E-state index contributed by atoms with van der Waals surface area (Å²) < 4.78 is 10.5. The van der Waals surface area contributed by atoms with Crippen LogP contribution in [-0.4, -0.2) is 20.1 Å². The van der Waals surface area contributed by atoms with E-state index in [4.69, 9.17) is 32.7 Å². The Morgan fingerprint density at radius 3 is 2.57 bits per heavy atom. The molecule has 0 radical (unpaired) electrons. The fraction of sp³-hybridized carbons (Fsp3) is 0.118. The summed E-state index contributed by atoms with van der Waals surface area (Å²) in [4.78, 5) is 12.2. The Hall–Kier alpha value is -2.17. The summed E-state index contributed by atoms with van der Waals surface area (Å²) in [6.45, 7) is 0. The van der Waals surface area contributed by atoms with E-state index in [1.165, 1.54) is 14.2 Å². The monoisotopic (exact) mass is 349 g/mol. The lowest BCUT2D eigenvalue weighted by Gasteiger charge is -2.10. The van der Waals surface area contributed by atoms with Gasteiger partial charge in [-0.2, -0.15) is 0 Å². The van der Waals surface area contributed by atoms with Gasteiger partial charge in [0.2, 0.25) is 0 Å². The third kappa shape index (κ3) is 2.87. The second-order valence-electron chi connectivity index (χ2n) is 4.94. The van der Waals surface area contributed by atoms with Crippen molar-refractivity contribution in [3.63, 3.8) is 0 Å². The third-order valence-corrected chi connectivity index (χ3v) is 4.05. The van der Waals surface area contributed by atoms with Crippen molar-refractivity contribution < 1.29 is 14.3 Å². The number of halogens is 2. The number of hydrogen-bond donors (Lipinski definition) is 1. The van der Waals surface area contributed by atoms with E-state index in [1.54, 1.807) is 36.4 Å². The molecular formula is C17H13Cl2NO3. The van der Waals surface area contributed by atoms with E-state index in [-0.39, 0.29) is 5.91 Å². The molecule has 2 aromatic rings. The Balaban J connectivity index is 2.11. The summed E-state index contributed by atoms with van der Waals surface area (Å²) in [7, 11) is 3.05. The second kappa shape index (κ2) is 6.14. The molecule has 118 valence electrons. The molecular weight excluding hydrogens is 337 g/mol. The zero-order valence-electron chi connectivity index (χ0n) is 12.4. The van der Waals surface area contributed by atoms with Crippen LogP contribution < -0.4 is 14.8 Å². The zero-order chi connectivity index (χ0) is 16.6. The molecule has 3 rings (SSSR count). The number of benzene rings is 2. The Morgan fingerprint density at radius 2 is 1.87 bits per heavy atom. The van der Waals surface area contributed by atoms with Gasteiger partial charge in [0.15, 0.2) is 11.5 Å². The number of carbonyl (C=O) groups is 1. The highest BCUT2D eigenvalue weighted by molar-refractivity contribution is 6.37. The van der Waals surface area contributed by atoms with Gasteiger partial charge < -0.3 is 14.8 Å². The highest BCUT2D eigenvalue weighted by atomic mass is 35.5. The maximum Gasteiger partial charge on any atom is 0.256 e. The van der Waals surface area contributed by atoms with Crippen molar-refractivity contribution in [2.45, 2.75) is 0 Å². The molecule has 0 bridgehead atoms. The Kier molecular flexibility index (Phi) is 4.20. The predicted molar refractivity (Wildman–Crippen MR) is 92.5 cm³/mol. The molecule has 0 saturated heterocycles. The standard InChI is InChI=1S/C17H13Cl2NO3/c1-22-15-7-9(6-13(19)16(15)23-2)5-12-11-8-10(18)3-4-14(11)20-17(12)21/h3-8H,1-2H3,(H,20,21)/b12-5+. The van der Waals surface area contributed by atoms with E-state index in [2.05, 4.69) is 5.32 Å². The lowest BCUT2D eigenvalue weighted by Crippen LogP contribution is -2.03. The Bertz CT molecular complexity index is 831. The minimum atomic E-state index is -0.187. The van der Waals surface area contributed by atoms with Crippen LogP contribution in [0, 0.1) is 0 Å². The summed E-state index contributed by atoms with van der Waals surface area (Å²) in [5, 5.41) is 3.78. The summed E-state index contributed by atoms with van der Waals surface area (Å²) in [5.41, 5.74) is 2.74. The molecule has 1 aliphatic rings. The molecule has 0 aliphatic carbocycles. The lowest BCUT2D eigenvalue weighted by atomic mass is 10.0. The van der Waals surface area contributed by atoms with Crippen LogP contribution in [0.25, 0.3) is 11.6 Å². The maximum absolute atomic E-state index is 12.2. The van der Waals surface area contributed by atoms with Crippen LogP contribution in [0.1, 0.15) is 11.1 Å². The molecule has 6 heteroatoms. The van der Waals surface area contributed by atoms with Gasteiger partial charge in [0.25, 0.3) is 5.91 Å². The van der Waals surface area contributed by atoms with E-state index in [0.717, 1.165) is 16.8 Å². The first kappa shape index (κ1) is 15.7. The molecule has 0 saturated carbocycles. The number of ether oxygens (including phenoxy) is 2. The summed E-state index contributed by atoms with van der Waals surface area (Å²) in [6.07, 6.45) is 1.74. The molecule has 0 spiro atoms. The third-order valence-electron chi connectivity index (χ3n) is 3.53. The average molecular weight is 350 g/mol. The zero-order valence-corrected chi connectivity index (χ0v) is 14.0. The minimum Gasteiger partial charge on any atom is -0.493 e. The van der Waals surface area contributed by atoms with Crippen LogP contribution in [0.2, 0.25) is 10.0 Å². The molecule has 1 aliphatic heterocycles. The van der Waals surface area contributed by atoms with Crippen LogP contribution in [0.3, 0.4) is 0 Å². The van der Waals surface area contributed by atoms with E-state index in [9.17, 15) is 4.79 Å². The molecule has 1 heterocycles. The maximum atomic E-state index is 12.2. The fourth-order valence-corrected chi connectivity index (χ4v) is 2.96. The van der Waals surface area contributed by atoms with Crippen molar-refractivity contribution in [3.8, 4) is 11.5 Å². The number of hydrogen-bond acceptors (Lipinski definition) is 3. The number of carbonyl (C=O) groups excluding carboxylic acids is 1. The van der Waals surface area contributed by atoms with Crippen LogP contribution in [0.15, 0.2) is 30.3 Å². The molecule has 0 atom stereocenters. The second-order valence-corrected chi connectivity index (χ2v) is 5.78. The molecule has 23 heavy (non-hydrogen) atoms. The fourth-order valence-electron chi connectivity index (χ4n) is 2.49. The predicted octanol–water partition coefficient (Wildman–Crippen LogP) is 4.50. The minimum absolute atomic E-state index is 0.187. The van der Waals surface area contributed by atoms with Gasteiger partial charge in [0, 0.05) is 21.8 Å². The summed E-state index contributed by atoms with van der Waals surface area (Å²) in [6, 6.07) is 8.73. The molecule has 0 aromatic heterocycles. The van der Waals surface area contributed by atoms with Crippen LogP contribution in [0.4, 0.5) is 5.69 Å². The van der Waals surface area contributed by atoms with Crippen molar-refractivity contribution >= 4 is 46.4 Å². The van der Waals surface area contributed by atoms with Gasteiger partial charge >= 0.3 is 0 Å². The van der Waals surface area contributed by atoms with Gasteiger partial charge in [-0.05, 0) is 42.0 Å². The number of rotatable bonds is 3. The van der Waals surface area contributed by atoms with Crippen molar-refractivity contribution in [1.82, 2.24) is 0 Å². The summed E-state index contributed by atoms with van der Waals surface area (Å²) >= 11 is 12.2. The first-order valence-electron chi connectivity index (χ1n) is 6.78. The van der Waals surface area contributed by atoms with Gasteiger partial charge in [-0.15, -0.1) is 0 Å². The highest BCUT2D eigenvalue weighted by Crippen LogP contribution is 2.39. The van der Waals surface area contributed by atoms with Gasteiger partial charge in [-0.1, -0.05) is 23.2 Å². The average Bonchev–Trinajstić information content (AvgIpc) is 2.82. The quantitative estimate of drug-likeness (QED) is 0.829. The number of amides is 1. The van der Waals surface area contributed by atoms with Gasteiger partial charge in [-0.25, -0.2) is 0 Å². The molecule has 0 unspecified atom stereocenters. The molecule has 2 aromatic carbocycles. The summed E-state index contributed by atoms with van der Waals surface area (Å²) in [5.74, 6) is 0.764. The van der Waals surface area contributed by atoms with Crippen molar-refractivity contribution in [1.29, 1.82) is 0 Å². The molecule has 0 fully saturated rings. The van der Waals surface area contributed by atoms with Gasteiger partial charge in [0.05, 0.1) is 19.2 Å². The smallest absolute Gasteiger partial charge is 0.256 e. The topological polar surface area (TPSA) is 47.6 Å². The van der Waals surface area contributed by atoms with Gasteiger partial charge in [0.1, 0.15) is 0 Å². The van der Waals surface area contributed by atoms with E-state index >= 15 is 0 Å². The van der Waals surface area contributed by atoms with Crippen molar-refractivity contribution in [2.24, 2.45) is 0 Å². The van der Waals surface area contributed by atoms with E-state index < -0.39 is 0 Å². The first-order valence-corrected chi connectivity index (χ1v) is 7.53. The van der Waals surface area contributed by atoms with Crippen LogP contribution in [-0.2, 0) is 4.79 Å². The van der Waals surface area contributed by atoms with E-state index in [1.807, 2.05) is 0 Å². The normalized spacial score (nSPS) is 14.6. The van der Waals surface area contributed by atoms with Gasteiger partial charge in [-0.3, -0.25) is 4.79 Å². The van der Waals surface area contributed by atoms with E-state index in [0.29, 0.717) is 27.1 Å². The van der Waals surface area contributed by atoms with Crippen molar-refractivity contribution in [3.05, 3.63) is 51.5 Å². The highest BCUT2D eigenvalue weighted by Gasteiger charge is 2.24. The molecule has 1 amide bonds. The SMILES string of the molecule is COc1cc(/C=C2/C(=O)Nc3ccc(Cl)cc32)cc(Cl)c1OC. The first-order chi connectivity index (χ1) is 11.0. The lowest BCUT2D eigenvalue weighted by molar-refractivity contribution is -0.110. The number of methoxy groups -OCH3 is 2. The van der Waals surface area contributed by atoms with Crippen molar-refractivity contribution in [2.75, 3.05) is 19.5 Å².